The van der Waals surface area contributed by atoms with Crippen molar-refractivity contribution in [2.24, 2.45) is 17.8 Å². The number of fused-ring (bicyclic) bond motifs is 3. The Kier molecular flexibility index (Phi) is 11.8. The Hall–Kier alpha value is -3.51. The van der Waals surface area contributed by atoms with E-state index in [0.717, 1.165) is 19.3 Å². The third-order valence-electron chi connectivity index (χ3n) is 10.1. The van der Waals surface area contributed by atoms with Crippen LogP contribution in [-0.2, 0) is 27.4 Å². The molecule has 1 saturated carbocycles. The van der Waals surface area contributed by atoms with Crippen LogP contribution in [0.15, 0.2) is 48.0 Å². The van der Waals surface area contributed by atoms with E-state index in [1.165, 1.54) is 24.1 Å². The van der Waals surface area contributed by atoms with Crippen LogP contribution < -0.4 is 14.8 Å². The van der Waals surface area contributed by atoms with E-state index in [1.807, 2.05) is 0 Å². The number of nitrogens with one attached hydrogen (secondary N) is 1. The highest BCUT2D eigenvalue weighted by atomic mass is 19.1. The van der Waals surface area contributed by atoms with Crippen LogP contribution in [0.3, 0.4) is 0 Å². The zero-order chi connectivity index (χ0) is 34.5. The molecule has 0 spiro atoms. The smallest absolute Gasteiger partial charge is 0.249 e. The second-order valence-electron chi connectivity index (χ2n) is 13.7. The molecule has 1 fully saturated rings. The predicted molar refractivity (Wildman–Crippen MR) is 177 cm³/mol. The van der Waals surface area contributed by atoms with Gasteiger partial charge in [-0.25, -0.2) is 4.39 Å². The summed E-state index contributed by atoms with van der Waals surface area (Å²) < 4.78 is 32.3. The highest BCUT2D eigenvalue weighted by Crippen LogP contribution is 2.51. The molecule has 5 rings (SSSR count). The molecule has 3 aliphatic rings. The van der Waals surface area contributed by atoms with Crippen LogP contribution in [0.2, 0.25) is 0 Å². The lowest BCUT2D eigenvalue weighted by atomic mass is 9.75. The maximum atomic E-state index is 14.2. The largest absolute Gasteiger partial charge is 0.493 e. The van der Waals surface area contributed by atoms with Gasteiger partial charge in [0, 0.05) is 24.2 Å². The number of rotatable bonds is 13. The number of benzene rings is 2. The molecule has 2 aliphatic carbocycles. The lowest BCUT2D eigenvalue weighted by Crippen LogP contribution is -2.57. The number of amides is 2. The van der Waals surface area contributed by atoms with Crippen molar-refractivity contribution in [2.45, 2.75) is 83.3 Å². The van der Waals surface area contributed by atoms with Gasteiger partial charge in [-0.05, 0) is 78.5 Å². The molecule has 262 valence electrons. The van der Waals surface area contributed by atoms with Crippen LogP contribution in [0.5, 0.6) is 11.5 Å². The van der Waals surface area contributed by atoms with E-state index < -0.39 is 35.9 Å². The van der Waals surface area contributed by atoms with Crippen molar-refractivity contribution < 1.29 is 43.5 Å². The second-order valence-corrected chi connectivity index (χ2v) is 13.7. The SMILES string of the molecule is COc1cc(CO)cc2c1OC1C2C(C(=O)NCCO)=CC(N(CCc2cccc(F)c2)C(=O)COC2CC(C)CCC2C(C)C)C1O. The predicted octanol–water partition coefficient (Wildman–Crippen LogP) is 3.50. The Labute approximate surface area is 281 Å². The number of carbonyl (C=O) groups excluding carboxylic acids is 2. The van der Waals surface area contributed by atoms with Crippen LogP contribution in [-0.4, -0.2) is 89.8 Å². The molecule has 0 aromatic heterocycles. The molecule has 7 unspecified atom stereocenters. The summed E-state index contributed by atoms with van der Waals surface area (Å²) in [5.74, 6) is -0.0893. The van der Waals surface area contributed by atoms with E-state index in [0.29, 0.717) is 52.4 Å². The molecule has 2 aromatic rings. The lowest BCUT2D eigenvalue weighted by molar-refractivity contribution is -0.147. The van der Waals surface area contributed by atoms with E-state index in [4.69, 9.17) is 14.2 Å². The summed E-state index contributed by atoms with van der Waals surface area (Å²) in [4.78, 5) is 29.4. The van der Waals surface area contributed by atoms with Crippen LogP contribution in [0, 0.1) is 23.6 Å². The minimum Gasteiger partial charge on any atom is -0.493 e. The van der Waals surface area contributed by atoms with Crippen LogP contribution in [0.1, 0.15) is 62.6 Å². The fraction of sp³-hybridized carbons (Fsp3) is 0.568. The Morgan fingerprint density at radius 1 is 1.15 bits per heavy atom. The van der Waals surface area contributed by atoms with E-state index in [9.17, 15) is 29.3 Å². The third-order valence-corrected chi connectivity index (χ3v) is 10.1. The average Bonchev–Trinajstić information content (AvgIpc) is 3.46. The van der Waals surface area contributed by atoms with Crippen molar-refractivity contribution in [1.82, 2.24) is 10.2 Å². The van der Waals surface area contributed by atoms with Gasteiger partial charge in [-0.15, -0.1) is 0 Å². The molecule has 48 heavy (non-hydrogen) atoms. The molecule has 0 bridgehead atoms. The number of aliphatic hydroxyl groups is 3. The van der Waals surface area contributed by atoms with Gasteiger partial charge in [0.2, 0.25) is 11.8 Å². The summed E-state index contributed by atoms with van der Waals surface area (Å²) in [5, 5.41) is 34.1. The number of ether oxygens (including phenoxy) is 3. The van der Waals surface area contributed by atoms with Crippen molar-refractivity contribution in [3.63, 3.8) is 0 Å². The number of halogens is 1. The first kappa shape index (κ1) is 35.8. The van der Waals surface area contributed by atoms with Crippen molar-refractivity contribution in [3.8, 4) is 11.5 Å². The molecule has 2 aromatic carbocycles. The molecule has 10 nitrogen and oxygen atoms in total. The molecule has 11 heteroatoms. The van der Waals surface area contributed by atoms with Gasteiger partial charge >= 0.3 is 0 Å². The zero-order valence-corrected chi connectivity index (χ0v) is 28.2. The summed E-state index contributed by atoms with van der Waals surface area (Å²) in [6.45, 7) is 5.89. The molecule has 7 atom stereocenters. The van der Waals surface area contributed by atoms with Crippen molar-refractivity contribution in [2.75, 3.05) is 33.4 Å². The molecule has 1 aliphatic heterocycles. The molecular weight excluding hydrogens is 619 g/mol. The summed E-state index contributed by atoms with van der Waals surface area (Å²) in [7, 11) is 1.47. The summed E-state index contributed by atoms with van der Waals surface area (Å²) in [6, 6.07) is 8.52. The van der Waals surface area contributed by atoms with Gasteiger partial charge in [0.15, 0.2) is 11.5 Å². The van der Waals surface area contributed by atoms with Crippen molar-refractivity contribution in [3.05, 3.63) is 70.6 Å². The lowest BCUT2D eigenvalue weighted by Gasteiger charge is -2.41. The van der Waals surface area contributed by atoms with Crippen LogP contribution in [0.4, 0.5) is 4.39 Å². The zero-order valence-electron chi connectivity index (χ0n) is 28.2. The van der Waals surface area contributed by atoms with Gasteiger partial charge < -0.3 is 39.7 Å². The Bertz CT molecular complexity index is 1480. The fourth-order valence-electron chi connectivity index (χ4n) is 7.57. The van der Waals surface area contributed by atoms with E-state index >= 15 is 0 Å². The van der Waals surface area contributed by atoms with E-state index in [-0.39, 0.29) is 50.5 Å². The van der Waals surface area contributed by atoms with Gasteiger partial charge in [-0.3, -0.25) is 9.59 Å². The molecule has 0 radical (unpaired) electrons. The van der Waals surface area contributed by atoms with E-state index in [1.54, 1.807) is 30.3 Å². The van der Waals surface area contributed by atoms with Crippen molar-refractivity contribution >= 4 is 11.8 Å². The second kappa shape index (κ2) is 15.8. The first-order valence-electron chi connectivity index (χ1n) is 17.0. The normalized spacial score (nSPS) is 26.3. The molecule has 2 amide bonds. The number of aliphatic hydroxyl groups excluding tert-OH is 3. The minimum absolute atomic E-state index is 0.00137. The highest BCUT2D eigenvalue weighted by Gasteiger charge is 2.51. The topological polar surface area (TPSA) is 138 Å². The van der Waals surface area contributed by atoms with E-state index in [2.05, 4.69) is 26.1 Å². The number of methoxy groups -OCH3 is 1. The van der Waals surface area contributed by atoms with Crippen LogP contribution in [0.25, 0.3) is 0 Å². The molecule has 4 N–H and O–H groups in total. The summed E-state index contributed by atoms with van der Waals surface area (Å²) in [6.07, 6.45) is 2.57. The van der Waals surface area contributed by atoms with Gasteiger partial charge in [0.1, 0.15) is 24.6 Å². The number of nitrogens with zero attached hydrogens (tertiary/aromatic N) is 1. The van der Waals surface area contributed by atoms with Crippen molar-refractivity contribution in [1.29, 1.82) is 0 Å². The molecule has 1 heterocycles. The minimum atomic E-state index is -1.27. The molecular formula is C37H49FN2O8. The Balaban J connectivity index is 1.50. The van der Waals surface area contributed by atoms with Crippen LogP contribution >= 0.6 is 0 Å². The summed E-state index contributed by atoms with van der Waals surface area (Å²) in [5.41, 5.74) is 2.04. The average molecular weight is 669 g/mol. The number of hydrogen-bond acceptors (Lipinski definition) is 8. The van der Waals surface area contributed by atoms with Gasteiger partial charge in [0.25, 0.3) is 0 Å². The number of carbonyl (C=O) groups is 2. The highest BCUT2D eigenvalue weighted by molar-refractivity contribution is 5.96. The maximum Gasteiger partial charge on any atom is 0.249 e. The Morgan fingerprint density at radius 3 is 2.62 bits per heavy atom. The fourth-order valence-corrected chi connectivity index (χ4v) is 7.57. The van der Waals surface area contributed by atoms with Gasteiger partial charge in [0.05, 0.1) is 38.4 Å². The quantitative estimate of drug-likeness (QED) is 0.255. The van der Waals surface area contributed by atoms with Gasteiger partial charge in [-0.2, -0.15) is 0 Å². The molecule has 0 saturated heterocycles. The number of hydrogen-bond donors (Lipinski definition) is 4. The first-order chi connectivity index (χ1) is 23.1. The third kappa shape index (κ3) is 7.70. The van der Waals surface area contributed by atoms with Gasteiger partial charge in [-0.1, -0.05) is 39.3 Å². The first-order valence-corrected chi connectivity index (χ1v) is 17.0. The standard InChI is InChI=1S/C37H49FN2O8/c1-21(2)26-9-8-22(3)14-30(26)47-20-32(43)40(12-10-23-6-5-7-25(38)15-23)29-18-28(37(45)39-11-13-41)33-27-16-24(19-42)17-31(46-4)35(27)48-36(33)34(29)44/h5-7,15-18,21-22,26,29-30,33-34,36,41-42,44H,8-14,19-20H2,1-4H3,(H,39,45). The summed E-state index contributed by atoms with van der Waals surface area (Å²) >= 11 is 0. The Morgan fingerprint density at radius 2 is 1.94 bits per heavy atom. The maximum absolute atomic E-state index is 14.2. The monoisotopic (exact) mass is 668 g/mol.